The lowest BCUT2D eigenvalue weighted by Gasteiger charge is -2.24. The summed E-state index contributed by atoms with van der Waals surface area (Å²) in [6.07, 6.45) is 5.10. The van der Waals surface area contributed by atoms with Crippen LogP contribution in [0.15, 0.2) is 125 Å². The predicted molar refractivity (Wildman–Crippen MR) is 139 cm³/mol. The second-order valence-corrected chi connectivity index (χ2v) is 8.34. The number of oxazole rings is 1. The second kappa shape index (κ2) is 8.83. The first-order valence-corrected chi connectivity index (χ1v) is 11.4. The van der Waals surface area contributed by atoms with E-state index < -0.39 is 0 Å². The first-order chi connectivity index (χ1) is 16.8. The van der Waals surface area contributed by atoms with Gasteiger partial charge in [0.25, 0.3) is 0 Å². The molecule has 0 spiro atoms. The van der Waals surface area contributed by atoms with Crippen LogP contribution < -0.4 is 5.01 Å². The van der Waals surface area contributed by atoms with Gasteiger partial charge < -0.3 is 4.42 Å². The third-order valence-electron chi connectivity index (χ3n) is 6.06. The number of hydrogen-bond donors (Lipinski definition) is 0. The molecule has 1 aromatic heterocycles. The van der Waals surface area contributed by atoms with Crippen LogP contribution in [-0.2, 0) is 0 Å². The van der Waals surface area contributed by atoms with Crippen LogP contribution in [0, 0.1) is 0 Å². The van der Waals surface area contributed by atoms with Gasteiger partial charge in [0.2, 0.25) is 5.89 Å². The van der Waals surface area contributed by atoms with Crippen molar-refractivity contribution < 1.29 is 4.42 Å². The standard InChI is InChI=1S/C30H23N3O/c1-3-9-22(10-4-1)15-18-25-21-28(23-11-5-2-6-12-23)33(32-25)26-19-16-24(17-20-26)30-31-27-13-7-8-14-29(27)34-30/h1-20,28H,21H2. The molecule has 0 amide bonds. The largest absolute Gasteiger partial charge is 0.436 e. The van der Waals surface area contributed by atoms with Gasteiger partial charge in [-0.05, 0) is 53.6 Å². The highest BCUT2D eigenvalue weighted by molar-refractivity contribution is 6.01. The van der Waals surface area contributed by atoms with Crippen LogP contribution in [0.5, 0.6) is 0 Å². The van der Waals surface area contributed by atoms with Gasteiger partial charge in [0, 0.05) is 12.0 Å². The number of hydrogen-bond acceptors (Lipinski definition) is 4. The molecule has 0 aliphatic carbocycles. The zero-order valence-electron chi connectivity index (χ0n) is 18.6. The minimum Gasteiger partial charge on any atom is -0.436 e. The minimum absolute atomic E-state index is 0.145. The molecule has 1 atom stereocenters. The molecule has 0 radical (unpaired) electrons. The average molecular weight is 442 g/mol. The number of benzene rings is 4. The van der Waals surface area contributed by atoms with Gasteiger partial charge in [0.05, 0.1) is 17.4 Å². The lowest BCUT2D eigenvalue weighted by molar-refractivity contribution is 0.620. The third kappa shape index (κ3) is 4.02. The van der Waals surface area contributed by atoms with Crippen LogP contribution in [0.1, 0.15) is 23.6 Å². The molecule has 6 rings (SSSR count). The summed E-state index contributed by atoms with van der Waals surface area (Å²) in [6.45, 7) is 0. The molecule has 2 heterocycles. The fraction of sp³-hybridized carbons (Fsp3) is 0.0667. The van der Waals surface area contributed by atoms with Gasteiger partial charge in [-0.2, -0.15) is 5.10 Å². The van der Waals surface area contributed by atoms with E-state index in [-0.39, 0.29) is 6.04 Å². The maximum atomic E-state index is 5.94. The molecule has 4 heteroatoms. The van der Waals surface area contributed by atoms with Gasteiger partial charge in [-0.3, -0.25) is 5.01 Å². The number of allylic oxidation sites excluding steroid dienone is 1. The number of rotatable bonds is 5. The molecule has 1 unspecified atom stereocenters. The molecule has 4 nitrogen and oxygen atoms in total. The van der Waals surface area contributed by atoms with Crippen molar-refractivity contribution >= 4 is 28.6 Å². The molecule has 0 saturated carbocycles. The van der Waals surface area contributed by atoms with E-state index in [1.165, 1.54) is 11.1 Å². The van der Waals surface area contributed by atoms with Crippen molar-refractivity contribution in [2.24, 2.45) is 5.10 Å². The topological polar surface area (TPSA) is 41.6 Å². The fourth-order valence-electron chi connectivity index (χ4n) is 4.32. The molecule has 0 bridgehead atoms. The predicted octanol–water partition coefficient (Wildman–Crippen LogP) is 7.52. The molecular formula is C30H23N3O. The summed E-state index contributed by atoms with van der Waals surface area (Å²) >= 11 is 0. The Morgan fingerprint density at radius 1 is 0.735 bits per heavy atom. The first-order valence-electron chi connectivity index (χ1n) is 11.4. The fourth-order valence-corrected chi connectivity index (χ4v) is 4.32. The van der Waals surface area contributed by atoms with E-state index in [4.69, 9.17) is 9.52 Å². The Balaban J connectivity index is 1.31. The van der Waals surface area contributed by atoms with Crippen molar-refractivity contribution in [1.29, 1.82) is 0 Å². The monoisotopic (exact) mass is 441 g/mol. The molecule has 1 aliphatic rings. The van der Waals surface area contributed by atoms with Crippen molar-refractivity contribution in [2.75, 3.05) is 5.01 Å². The molecule has 0 saturated heterocycles. The van der Waals surface area contributed by atoms with Crippen molar-refractivity contribution in [3.8, 4) is 11.5 Å². The van der Waals surface area contributed by atoms with Gasteiger partial charge in [-0.1, -0.05) is 78.9 Å². The number of anilines is 1. The average Bonchev–Trinajstić information content (AvgIpc) is 3.53. The molecule has 4 aromatic carbocycles. The molecule has 164 valence electrons. The van der Waals surface area contributed by atoms with Crippen LogP contribution in [0.3, 0.4) is 0 Å². The maximum Gasteiger partial charge on any atom is 0.227 e. The Labute approximate surface area is 198 Å². The van der Waals surface area contributed by atoms with E-state index in [1.807, 2.05) is 42.5 Å². The second-order valence-electron chi connectivity index (χ2n) is 8.34. The SMILES string of the molecule is C(=Cc1ccccc1)C1=NN(c2ccc(-c3nc4ccccc4o3)cc2)C(c2ccccc2)C1. The van der Waals surface area contributed by atoms with Gasteiger partial charge >= 0.3 is 0 Å². The number of aromatic nitrogens is 1. The van der Waals surface area contributed by atoms with E-state index in [0.717, 1.165) is 34.5 Å². The highest BCUT2D eigenvalue weighted by Crippen LogP contribution is 2.36. The molecule has 5 aromatic rings. The Hall–Kier alpha value is -4.44. The van der Waals surface area contributed by atoms with Crippen molar-refractivity contribution in [1.82, 2.24) is 4.98 Å². The van der Waals surface area contributed by atoms with Gasteiger partial charge in [0.15, 0.2) is 5.58 Å². The summed E-state index contributed by atoms with van der Waals surface area (Å²) < 4.78 is 5.94. The Morgan fingerprint density at radius 3 is 2.21 bits per heavy atom. The van der Waals surface area contributed by atoms with Gasteiger partial charge in [-0.25, -0.2) is 4.98 Å². The molecular weight excluding hydrogens is 418 g/mol. The maximum absolute atomic E-state index is 5.94. The van der Waals surface area contributed by atoms with Crippen LogP contribution in [0.2, 0.25) is 0 Å². The minimum atomic E-state index is 0.145. The van der Waals surface area contributed by atoms with Crippen LogP contribution in [-0.4, -0.2) is 10.7 Å². The van der Waals surface area contributed by atoms with E-state index in [0.29, 0.717) is 5.89 Å². The Morgan fingerprint density at radius 2 is 1.44 bits per heavy atom. The summed E-state index contributed by atoms with van der Waals surface area (Å²) in [5.41, 5.74) is 7.12. The zero-order chi connectivity index (χ0) is 22.7. The van der Waals surface area contributed by atoms with Gasteiger partial charge in [-0.15, -0.1) is 0 Å². The van der Waals surface area contributed by atoms with E-state index in [9.17, 15) is 0 Å². The lowest BCUT2D eigenvalue weighted by atomic mass is 10.0. The van der Waals surface area contributed by atoms with E-state index >= 15 is 0 Å². The van der Waals surface area contributed by atoms with Crippen LogP contribution in [0.4, 0.5) is 5.69 Å². The highest BCUT2D eigenvalue weighted by atomic mass is 16.3. The number of nitrogens with zero attached hydrogens (tertiary/aromatic N) is 3. The first kappa shape index (κ1) is 20.2. The van der Waals surface area contributed by atoms with Gasteiger partial charge in [0.1, 0.15) is 5.52 Å². The number of hydrazone groups is 1. The summed E-state index contributed by atoms with van der Waals surface area (Å²) in [5.74, 6) is 0.628. The van der Waals surface area contributed by atoms with Crippen LogP contribution in [0.25, 0.3) is 28.6 Å². The summed E-state index contributed by atoms with van der Waals surface area (Å²) in [4.78, 5) is 4.62. The quantitative estimate of drug-likeness (QED) is 0.283. The van der Waals surface area contributed by atoms with Crippen molar-refractivity contribution in [3.05, 3.63) is 126 Å². The zero-order valence-corrected chi connectivity index (χ0v) is 18.6. The number of fused-ring (bicyclic) bond motifs is 1. The smallest absolute Gasteiger partial charge is 0.227 e. The summed E-state index contributed by atoms with van der Waals surface area (Å²) in [6, 6.07) is 37.1. The Kier molecular flexibility index (Phi) is 5.24. The van der Waals surface area contributed by atoms with Crippen molar-refractivity contribution in [3.63, 3.8) is 0 Å². The van der Waals surface area contributed by atoms with Crippen LogP contribution >= 0.6 is 0 Å². The summed E-state index contributed by atoms with van der Waals surface area (Å²) in [5, 5.41) is 7.11. The summed E-state index contributed by atoms with van der Waals surface area (Å²) in [7, 11) is 0. The highest BCUT2D eigenvalue weighted by Gasteiger charge is 2.28. The van der Waals surface area contributed by atoms with E-state index in [1.54, 1.807) is 0 Å². The molecule has 1 aliphatic heterocycles. The lowest BCUT2D eigenvalue weighted by Crippen LogP contribution is -2.18. The Bertz CT molecular complexity index is 1440. The normalized spacial score (nSPS) is 15.8. The number of para-hydroxylation sites is 2. The molecule has 0 N–H and O–H groups in total. The molecule has 0 fully saturated rings. The van der Waals surface area contributed by atoms with Crippen molar-refractivity contribution in [2.45, 2.75) is 12.5 Å². The molecule has 34 heavy (non-hydrogen) atoms. The van der Waals surface area contributed by atoms with E-state index in [2.05, 4.69) is 88.9 Å². The third-order valence-corrected chi connectivity index (χ3v) is 6.06.